The Morgan fingerprint density at radius 2 is 1.73 bits per heavy atom. The molecule has 1 heterocycles. The van der Waals surface area contributed by atoms with E-state index in [-0.39, 0.29) is 13.2 Å². The molecular weight excluding hydrogens is 298 g/mol. The van der Waals surface area contributed by atoms with Crippen LogP contribution >= 0.6 is 11.3 Å². The Hall–Kier alpha value is -1.76. The first-order chi connectivity index (χ1) is 10.6. The molecule has 6 heteroatoms. The summed E-state index contributed by atoms with van der Waals surface area (Å²) in [4.78, 5) is 5.12. The molecule has 2 aromatic rings. The number of hydrogen-bond donors (Lipinski definition) is 3. The largest absolute Gasteiger partial charge is 0.398 e. The minimum Gasteiger partial charge on any atom is -0.398 e. The van der Waals surface area contributed by atoms with Gasteiger partial charge in [-0.25, -0.2) is 0 Å². The molecule has 0 saturated heterocycles. The molecule has 0 amide bonds. The van der Waals surface area contributed by atoms with Crippen molar-refractivity contribution in [3.05, 3.63) is 30.3 Å². The normalized spacial score (nSPS) is 10.7. The van der Waals surface area contributed by atoms with Gasteiger partial charge in [0.1, 0.15) is 0 Å². The number of anilines is 3. The van der Waals surface area contributed by atoms with Gasteiger partial charge in [-0.15, -0.1) is 11.3 Å². The summed E-state index contributed by atoms with van der Waals surface area (Å²) in [6, 6.07) is 9.96. The second-order valence-corrected chi connectivity index (χ2v) is 6.30. The van der Waals surface area contributed by atoms with Crippen molar-refractivity contribution in [1.29, 1.82) is 0 Å². The molecule has 0 bridgehead atoms. The highest BCUT2D eigenvalue weighted by Gasteiger charge is 2.12. The van der Waals surface area contributed by atoms with Gasteiger partial charge >= 0.3 is 0 Å². The summed E-state index contributed by atoms with van der Waals surface area (Å²) in [6.45, 7) is 1.06. The van der Waals surface area contributed by atoms with Crippen LogP contribution in [0.1, 0.15) is 0 Å². The summed E-state index contributed by atoms with van der Waals surface area (Å²) < 4.78 is 0. The second kappa shape index (κ2) is 7.49. The van der Waals surface area contributed by atoms with Crippen molar-refractivity contribution in [3.63, 3.8) is 0 Å². The predicted octanol–water partition coefficient (Wildman–Crippen LogP) is 1.85. The lowest BCUT2D eigenvalue weighted by Gasteiger charge is -2.23. The van der Waals surface area contributed by atoms with Gasteiger partial charge in [0.25, 0.3) is 0 Å². The third-order valence-corrected chi connectivity index (χ3v) is 4.73. The smallest absolute Gasteiger partial charge is 0.0909 e. The van der Waals surface area contributed by atoms with E-state index >= 15 is 0 Å². The van der Waals surface area contributed by atoms with Crippen molar-refractivity contribution in [2.24, 2.45) is 0 Å². The fourth-order valence-corrected chi connectivity index (χ4v) is 3.25. The van der Waals surface area contributed by atoms with E-state index in [4.69, 9.17) is 5.73 Å². The van der Waals surface area contributed by atoms with Gasteiger partial charge in [0.05, 0.1) is 18.2 Å². The molecule has 0 aliphatic rings. The van der Waals surface area contributed by atoms with Gasteiger partial charge in [0.2, 0.25) is 0 Å². The minimum atomic E-state index is 0.0451. The average Bonchev–Trinajstić information content (AvgIpc) is 2.97. The third-order valence-electron chi connectivity index (χ3n) is 3.44. The van der Waals surface area contributed by atoms with Crippen LogP contribution in [0.2, 0.25) is 0 Å². The predicted molar refractivity (Wildman–Crippen MR) is 94.9 cm³/mol. The van der Waals surface area contributed by atoms with Gasteiger partial charge < -0.3 is 25.7 Å². The van der Waals surface area contributed by atoms with Gasteiger partial charge in [-0.1, -0.05) is 0 Å². The van der Waals surface area contributed by atoms with Gasteiger partial charge in [-0.3, -0.25) is 0 Å². The van der Waals surface area contributed by atoms with Crippen LogP contribution in [0.4, 0.5) is 16.4 Å². The van der Waals surface area contributed by atoms with Crippen LogP contribution < -0.4 is 15.5 Å². The third kappa shape index (κ3) is 3.71. The van der Waals surface area contributed by atoms with Gasteiger partial charge in [-0.2, -0.15) is 0 Å². The topological polar surface area (TPSA) is 73.0 Å². The molecule has 1 aromatic carbocycles. The molecular formula is C16H23N3O2S. The summed E-state index contributed by atoms with van der Waals surface area (Å²) in [5.74, 6) is 0. The zero-order valence-electron chi connectivity index (χ0n) is 13.0. The summed E-state index contributed by atoms with van der Waals surface area (Å²) in [5, 5.41) is 19.5. The van der Waals surface area contributed by atoms with Gasteiger partial charge in [-0.05, 0) is 30.3 Å². The number of nitrogen functional groups attached to an aromatic ring is 1. The number of rotatable bonds is 7. The number of benzene rings is 1. The van der Waals surface area contributed by atoms with Crippen LogP contribution in [0.3, 0.4) is 0 Å². The molecule has 0 saturated carbocycles. The molecule has 2 rings (SSSR count). The van der Waals surface area contributed by atoms with Crippen LogP contribution in [0.5, 0.6) is 0 Å². The Morgan fingerprint density at radius 1 is 1.05 bits per heavy atom. The summed E-state index contributed by atoms with van der Waals surface area (Å²) in [6.07, 6.45) is 0. The van der Waals surface area contributed by atoms with Crippen molar-refractivity contribution >= 4 is 27.7 Å². The number of hydrogen-bond acceptors (Lipinski definition) is 6. The maximum atomic E-state index is 9.18. The van der Waals surface area contributed by atoms with Gasteiger partial charge in [0, 0.05) is 49.0 Å². The van der Waals surface area contributed by atoms with E-state index in [0.29, 0.717) is 13.1 Å². The lowest BCUT2D eigenvalue weighted by molar-refractivity contribution is 0.281. The summed E-state index contributed by atoms with van der Waals surface area (Å²) in [7, 11) is 4.03. The van der Waals surface area contributed by atoms with Crippen LogP contribution in [0.15, 0.2) is 30.3 Å². The van der Waals surface area contributed by atoms with Crippen LogP contribution in [0.25, 0.3) is 10.4 Å². The Kier molecular flexibility index (Phi) is 5.65. The van der Waals surface area contributed by atoms with E-state index in [0.717, 1.165) is 21.8 Å². The molecule has 0 radical (unpaired) electrons. The van der Waals surface area contributed by atoms with Crippen LogP contribution in [-0.4, -0.2) is 50.6 Å². The molecule has 1 aromatic heterocycles. The van der Waals surface area contributed by atoms with Crippen LogP contribution in [-0.2, 0) is 0 Å². The van der Waals surface area contributed by atoms with Crippen molar-refractivity contribution in [1.82, 2.24) is 0 Å². The number of aliphatic hydroxyl groups is 2. The first-order valence-electron chi connectivity index (χ1n) is 7.20. The number of aliphatic hydroxyl groups excluding tert-OH is 2. The Bertz CT molecular complexity index is 607. The zero-order chi connectivity index (χ0) is 16.1. The Morgan fingerprint density at radius 3 is 2.27 bits per heavy atom. The lowest BCUT2D eigenvalue weighted by Crippen LogP contribution is -2.29. The highest BCUT2D eigenvalue weighted by Crippen LogP contribution is 2.37. The maximum absolute atomic E-state index is 9.18. The molecule has 22 heavy (non-hydrogen) atoms. The zero-order valence-corrected chi connectivity index (χ0v) is 13.8. The molecule has 120 valence electrons. The van der Waals surface area contributed by atoms with Crippen molar-refractivity contribution in [3.8, 4) is 10.4 Å². The summed E-state index contributed by atoms with van der Waals surface area (Å²) >= 11 is 1.68. The molecule has 4 N–H and O–H groups in total. The van der Waals surface area contributed by atoms with Crippen molar-refractivity contribution in [2.45, 2.75) is 0 Å². The summed E-state index contributed by atoms with van der Waals surface area (Å²) in [5.41, 5.74) is 8.79. The average molecular weight is 321 g/mol. The molecule has 0 spiro atoms. The quantitative estimate of drug-likeness (QED) is 0.679. The molecule has 0 atom stereocenters. The van der Waals surface area contributed by atoms with Crippen molar-refractivity contribution < 1.29 is 10.2 Å². The van der Waals surface area contributed by atoms with Gasteiger partial charge in [0.15, 0.2) is 0 Å². The van der Waals surface area contributed by atoms with E-state index in [1.807, 2.05) is 37.2 Å². The van der Waals surface area contributed by atoms with Crippen molar-refractivity contribution in [2.75, 3.05) is 55.9 Å². The minimum absolute atomic E-state index is 0.0451. The maximum Gasteiger partial charge on any atom is 0.0909 e. The molecule has 0 aliphatic carbocycles. The fraction of sp³-hybridized carbons (Fsp3) is 0.375. The lowest BCUT2D eigenvalue weighted by atomic mass is 10.1. The van der Waals surface area contributed by atoms with E-state index in [1.54, 1.807) is 11.3 Å². The highest BCUT2D eigenvalue weighted by molar-refractivity contribution is 7.19. The van der Waals surface area contributed by atoms with E-state index in [9.17, 15) is 10.2 Å². The van der Waals surface area contributed by atoms with E-state index in [2.05, 4.69) is 17.0 Å². The number of nitrogens with two attached hydrogens (primary N) is 1. The second-order valence-electron chi connectivity index (χ2n) is 5.24. The van der Waals surface area contributed by atoms with E-state index in [1.165, 1.54) is 5.00 Å². The Labute approximate surface area is 135 Å². The Balaban J connectivity index is 2.36. The van der Waals surface area contributed by atoms with Crippen LogP contribution in [0, 0.1) is 0 Å². The molecule has 0 unspecified atom stereocenters. The molecule has 0 fully saturated rings. The number of thiophene rings is 1. The first kappa shape index (κ1) is 16.6. The molecule has 0 aliphatic heterocycles. The standard InChI is InChI=1S/C16H23N3O2S/c1-18(2)16-6-5-15(22-16)13-11-12(3-4-14(13)17)19(7-9-20)8-10-21/h3-6,11,20-21H,7-10,17H2,1-2H3. The first-order valence-corrected chi connectivity index (χ1v) is 8.02. The highest BCUT2D eigenvalue weighted by atomic mass is 32.1. The SMILES string of the molecule is CN(C)c1ccc(-c2cc(N(CCO)CCO)ccc2N)s1. The monoisotopic (exact) mass is 321 g/mol. The number of nitrogens with zero attached hydrogens (tertiary/aromatic N) is 2. The molecule has 5 nitrogen and oxygen atoms in total. The fourth-order valence-electron chi connectivity index (χ4n) is 2.28. The van der Waals surface area contributed by atoms with E-state index < -0.39 is 0 Å².